The molecule has 1 fully saturated rings. The Labute approximate surface area is 166 Å². The van der Waals surface area contributed by atoms with Gasteiger partial charge in [-0.3, -0.25) is 0 Å². The van der Waals surface area contributed by atoms with Crippen LogP contribution in [0.4, 0.5) is 24.8 Å². The molecule has 3 rings (SSSR count). The normalized spacial score (nSPS) is 16.8. The van der Waals surface area contributed by atoms with Crippen LogP contribution in [0.25, 0.3) is 0 Å². The predicted molar refractivity (Wildman–Crippen MR) is 102 cm³/mol. The van der Waals surface area contributed by atoms with Crippen LogP contribution in [-0.4, -0.2) is 27.2 Å². The van der Waals surface area contributed by atoms with E-state index in [4.69, 9.17) is 11.6 Å². The van der Waals surface area contributed by atoms with Gasteiger partial charge in [0.1, 0.15) is 0 Å². The highest BCUT2D eigenvalue weighted by molar-refractivity contribution is 6.30. The van der Waals surface area contributed by atoms with Crippen LogP contribution in [0, 0.1) is 0 Å². The fourth-order valence-corrected chi connectivity index (χ4v) is 3.54. The molecular formula is C19H22ClF3N4O. The van der Waals surface area contributed by atoms with Crippen molar-refractivity contribution in [2.24, 2.45) is 0 Å². The Hall–Kier alpha value is -1.90. The third-order valence-corrected chi connectivity index (χ3v) is 5.00. The van der Waals surface area contributed by atoms with Crippen molar-refractivity contribution in [2.45, 2.75) is 50.4 Å². The molecule has 0 amide bonds. The quantitative estimate of drug-likeness (QED) is 0.640. The van der Waals surface area contributed by atoms with Crippen molar-refractivity contribution in [2.75, 3.05) is 11.9 Å². The summed E-state index contributed by atoms with van der Waals surface area (Å²) in [6, 6.07) is 6.55. The van der Waals surface area contributed by atoms with Gasteiger partial charge in [-0.15, -0.1) is 0 Å². The highest BCUT2D eigenvalue weighted by atomic mass is 35.5. The second-order valence-corrected chi connectivity index (χ2v) is 7.53. The fourth-order valence-electron chi connectivity index (χ4n) is 3.35. The van der Waals surface area contributed by atoms with Gasteiger partial charge in [0.15, 0.2) is 5.69 Å². The average molecular weight is 415 g/mol. The molecule has 9 heteroatoms. The number of hydrogen-bond donors (Lipinski definition) is 3. The van der Waals surface area contributed by atoms with Crippen LogP contribution >= 0.6 is 11.6 Å². The van der Waals surface area contributed by atoms with Crippen molar-refractivity contribution < 1.29 is 18.3 Å². The first kappa shape index (κ1) is 20.8. The number of alkyl halides is 3. The highest BCUT2D eigenvalue weighted by Crippen LogP contribution is 2.32. The minimum atomic E-state index is -4.62. The summed E-state index contributed by atoms with van der Waals surface area (Å²) in [5.74, 6) is -0.163. The molecular weight excluding hydrogens is 393 g/mol. The van der Waals surface area contributed by atoms with Gasteiger partial charge in [-0.05, 0) is 31.0 Å². The molecule has 1 heterocycles. The molecule has 1 aliphatic carbocycles. The van der Waals surface area contributed by atoms with E-state index in [1.165, 1.54) is 0 Å². The zero-order valence-electron chi connectivity index (χ0n) is 15.2. The van der Waals surface area contributed by atoms with E-state index in [1.54, 1.807) is 24.3 Å². The molecule has 1 aliphatic rings. The first-order valence-corrected chi connectivity index (χ1v) is 9.52. The molecule has 1 saturated carbocycles. The number of aliphatic hydroxyl groups is 1. The number of benzene rings is 1. The van der Waals surface area contributed by atoms with Gasteiger partial charge in [-0.1, -0.05) is 36.9 Å². The van der Waals surface area contributed by atoms with Crippen LogP contribution in [0.3, 0.4) is 0 Å². The zero-order valence-corrected chi connectivity index (χ0v) is 15.9. The van der Waals surface area contributed by atoms with E-state index in [1.807, 2.05) is 0 Å². The van der Waals surface area contributed by atoms with E-state index in [2.05, 4.69) is 20.6 Å². The molecule has 0 spiro atoms. The third-order valence-electron chi connectivity index (χ3n) is 4.77. The first-order chi connectivity index (χ1) is 13.3. The Kier molecular flexibility index (Phi) is 6.42. The second-order valence-electron chi connectivity index (χ2n) is 7.09. The van der Waals surface area contributed by atoms with Crippen LogP contribution in [0.2, 0.25) is 5.02 Å². The van der Waals surface area contributed by atoms with Crippen LogP contribution in [0.5, 0.6) is 0 Å². The molecule has 2 aromatic rings. The molecule has 1 aromatic carbocycles. The standard InChI is InChI=1S/C19H22ClF3N4O/c20-14-5-4-6-15(9-14)26-17-25-11-13(16(27-17)19(21,22)23)10-24-12-18(28)7-2-1-3-8-18/h4-6,9,11,24,28H,1-3,7-8,10,12H2,(H,25,26,27). The zero-order chi connectivity index (χ0) is 20.2. The fraction of sp³-hybridized carbons (Fsp3) is 0.474. The van der Waals surface area contributed by atoms with Crippen molar-refractivity contribution in [3.8, 4) is 0 Å². The Bertz CT molecular complexity index is 810. The number of halogens is 4. The summed E-state index contributed by atoms with van der Waals surface area (Å²) in [5, 5.41) is 16.6. The molecule has 28 heavy (non-hydrogen) atoms. The van der Waals surface area contributed by atoms with Crippen molar-refractivity contribution in [3.63, 3.8) is 0 Å². The Morgan fingerprint density at radius 2 is 1.93 bits per heavy atom. The van der Waals surface area contributed by atoms with Crippen molar-refractivity contribution in [1.82, 2.24) is 15.3 Å². The SMILES string of the molecule is OC1(CNCc2cnc(Nc3cccc(Cl)c3)nc2C(F)(F)F)CCCCC1. The molecule has 5 nitrogen and oxygen atoms in total. The van der Waals surface area contributed by atoms with E-state index in [0.29, 0.717) is 23.6 Å². The molecule has 152 valence electrons. The Morgan fingerprint density at radius 1 is 1.18 bits per heavy atom. The van der Waals surface area contributed by atoms with Gasteiger partial charge in [0.2, 0.25) is 5.95 Å². The topological polar surface area (TPSA) is 70.1 Å². The lowest BCUT2D eigenvalue weighted by Gasteiger charge is -2.32. The number of nitrogens with zero attached hydrogens (tertiary/aromatic N) is 2. The minimum Gasteiger partial charge on any atom is -0.389 e. The molecule has 1 aromatic heterocycles. The lowest BCUT2D eigenvalue weighted by Crippen LogP contribution is -2.42. The van der Waals surface area contributed by atoms with Gasteiger partial charge in [0, 0.05) is 35.6 Å². The summed E-state index contributed by atoms with van der Waals surface area (Å²) in [7, 11) is 0. The molecule has 0 radical (unpaired) electrons. The molecule has 0 saturated heterocycles. The Balaban J connectivity index is 1.72. The lowest BCUT2D eigenvalue weighted by molar-refractivity contribution is -0.141. The number of anilines is 2. The second kappa shape index (κ2) is 8.63. The van der Waals surface area contributed by atoms with E-state index in [0.717, 1.165) is 25.5 Å². The summed E-state index contributed by atoms with van der Waals surface area (Å²) in [5.41, 5.74) is -1.43. The summed E-state index contributed by atoms with van der Waals surface area (Å²) >= 11 is 5.88. The lowest BCUT2D eigenvalue weighted by atomic mass is 9.85. The predicted octanol–water partition coefficient (Wildman–Crippen LogP) is 4.68. The first-order valence-electron chi connectivity index (χ1n) is 9.14. The average Bonchev–Trinajstić information content (AvgIpc) is 2.62. The van der Waals surface area contributed by atoms with E-state index in [-0.39, 0.29) is 24.6 Å². The molecule has 0 unspecified atom stereocenters. The van der Waals surface area contributed by atoms with Crippen molar-refractivity contribution >= 4 is 23.2 Å². The summed E-state index contributed by atoms with van der Waals surface area (Å²) in [6.07, 6.45) is 0.788. The largest absolute Gasteiger partial charge is 0.433 e. The molecule has 0 aliphatic heterocycles. The van der Waals surface area contributed by atoms with Gasteiger partial charge < -0.3 is 15.7 Å². The van der Waals surface area contributed by atoms with Crippen LogP contribution in [-0.2, 0) is 12.7 Å². The molecule has 0 atom stereocenters. The summed E-state index contributed by atoms with van der Waals surface area (Å²) in [4.78, 5) is 7.65. The van der Waals surface area contributed by atoms with Crippen molar-refractivity contribution in [1.29, 1.82) is 0 Å². The number of aromatic nitrogens is 2. The maximum atomic E-state index is 13.5. The van der Waals surface area contributed by atoms with Crippen LogP contribution in [0.15, 0.2) is 30.5 Å². The number of hydrogen-bond acceptors (Lipinski definition) is 5. The number of rotatable bonds is 6. The smallest absolute Gasteiger partial charge is 0.389 e. The van der Waals surface area contributed by atoms with Gasteiger partial charge in [0.25, 0.3) is 0 Å². The van der Waals surface area contributed by atoms with Crippen LogP contribution in [0.1, 0.15) is 43.4 Å². The van der Waals surface area contributed by atoms with E-state index in [9.17, 15) is 18.3 Å². The van der Waals surface area contributed by atoms with Gasteiger partial charge in [-0.25, -0.2) is 9.97 Å². The molecule has 3 N–H and O–H groups in total. The number of nitrogens with one attached hydrogen (secondary N) is 2. The third kappa shape index (κ3) is 5.56. The maximum Gasteiger partial charge on any atom is 0.433 e. The molecule has 0 bridgehead atoms. The minimum absolute atomic E-state index is 0.0662. The van der Waals surface area contributed by atoms with Crippen molar-refractivity contribution in [3.05, 3.63) is 46.7 Å². The van der Waals surface area contributed by atoms with E-state index < -0.39 is 17.5 Å². The Morgan fingerprint density at radius 3 is 2.61 bits per heavy atom. The summed E-state index contributed by atoms with van der Waals surface area (Å²) in [6.45, 7) is 0.168. The van der Waals surface area contributed by atoms with Gasteiger partial charge in [0.05, 0.1) is 5.60 Å². The van der Waals surface area contributed by atoms with Gasteiger partial charge in [-0.2, -0.15) is 13.2 Å². The highest BCUT2D eigenvalue weighted by Gasteiger charge is 2.36. The maximum absolute atomic E-state index is 13.5. The monoisotopic (exact) mass is 414 g/mol. The van der Waals surface area contributed by atoms with Gasteiger partial charge >= 0.3 is 6.18 Å². The summed E-state index contributed by atoms with van der Waals surface area (Å²) < 4.78 is 40.4. The van der Waals surface area contributed by atoms with Crippen LogP contribution < -0.4 is 10.6 Å². The van der Waals surface area contributed by atoms with E-state index >= 15 is 0 Å².